The predicted octanol–water partition coefficient (Wildman–Crippen LogP) is 10.2. The van der Waals surface area contributed by atoms with Gasteiger partial charge in [-0.05, 0) is 70.8 Å². The van der Waals surface area contributed by atoms with Gasteiger partial charge in [-0.15, -0.1) is 0 Å². The number of halogens is 12. The Kier molecular flexibility index (Phi) is 12.4. The second-order valence-electron chi connectivity index (χ2n) is 14.2. The summed E-state index contributed by atoms with van der Waals surface area (Å²) >= 11 is 0. The standard InChI is InChI=1S/C40H36F12NO4/c41-37(42,43)29-9-1-25(2-10-29)21-54-33-17-53(18-34(33)55-22-26-3-11-30(12-4-26)38(44,45)46)19-35(56-23-27-5-13-31(14-6-27)39(47,48)49)36(20-53)57-24-28-7-15-32(16-8-28)40(50,51)52/h1-16,33-36H,17-24H2/q+1. The van der Waals surface area contributed by atoms with Gasteiger partial charge in [0, 0.05) is 0 Å². The molecule has 0 aliphatic carbocycles. The van der Waals surface area contributed by atoms with E-state index in [1.165, 1.54) is 48.5 Å². The highest BCUT2D eigenvalue weighted by molar-refractivity contribution is 5.27. The van der Waals surface area contributed by atoms with Crippen molar-refractivity contribution >= 4 is 0 Å². The summed E-state index contributed by atoms with van der Waals surface area (Å²) in [6, 6.07) is 17.7. The first-order valence-electron chi connectivity index (χ1n) is 17.6. The van der Waals surface area contributed by atoms with Gasteiger partial charge in [0.15, 0.2) is 0 Å². The molecule has 5 nitrogen and oxygen atoms in total. The number of nitrogens with zero attached hydrogens (tertiary/aromatic N) is 1. The maximum absolute atomic E-state index is 13.2. The Labute approximate surface area is 319 Å². The maximum atomic E-state index is 13.2. The second kappa shape index (κ2) is 16.6. The molecule has 4 aromatic rings. The van der Waals surface area contributed by atoms with Gasteiger partial charge in [-0.1, -0.05) is 48.5 Å². The summed E-state index contributed by atoms with van der Waals surface area (Å²) in [6.45, 7) is 0.791. The van der Waals surface area contributed by atoms with Gasteiger partial charge in [0.25, 0.3) is 0 Å². The van der Waals surface area contributed by atoms with Gasteiger partial charge in [0.05, 0.1) is 48.7 Å². The number of hydrogen-bond acceptors (Lipinski definition) is 4. The van der Waals surface area contributed by atoms with Crippen LogP contribution in [-0.2, 0) is 70.1 Å². The van der Waals surface area contributed by atoms with Gasteiger partial charge in [-0.25, -0.2) is 0 Å². The average Bonchev–Trinajstić information content (AvgIpc) is 3.67. The molecule has 4 unspecified atom stereocenters. The van der Waals surface area contributed by atoms with Crippen LogP contribution in [0.15, 0.2) is 97.1 Å². The van der Waals surface area contributed by atoms with E-state index in [-0.39, 0.29) is 30.9 Å². The summed E-state index contributed by atoms with van der Waals surface area (Å²) in [5.74, 6) is 0. The largest absolute Gasteiger partial charge is 0.416 e. The lowest BCUT2D eigenvalue weighted by Gasteiger charge is -2.29. The van der Waals surface area contributed by atoms with Crippen LogP contribution < -0.4 is 0 Å². The van der Waals surface area contributed by atoms with Crippen molar-refractivity contribution in [2.45, 2.75) is 75.5 Å². The molecule has 2 fully saturated rings. The van der Waals surface area contributed by atoms with Gasteiger partial charge in [0.1, 0.15) is 50.6 Å². The lowest BCUT2D eigenvalue weighted by Crippen LogP contribution is -2.46. The van der Waals surface area contributed by atoms with Crippen molar-refractivity contribution in [1.82, 2.24) is 0 Å². The van der Waals surface area contributed by atoms with Gasteiger partial charge < -0.3 is 23.4 Å². The Morgan fingerprint density at radius 2 is 0.509 bits per heavy atom. The molecule has 4 atom stereocenters. The van der Waals surface area contributed by atoms with E-state index in [0.29, 0.717) is 48.4 Å². The summed E-state index contributed by atoms with van der Waals surface area (Å²) in [7, 11) is 0. The number of benzene rings is 4. The quantitative estimate of drug-likeness (QED) is 0.105. The number of ether oxygens (including phenoxy) is 4. The molecule has 2 saturated heterocycles. The number of alkyl halides is 12. The van der Waals surface area contributed by atoms with Crippen molar-refractivity contribution in [3.8, 4) is 0 Å². The monoisotopic (exact) mass is 822 g/mol. The number of quaternary nitrogens is 1. The summed E-state index contributed by atoms with van der Waals surface area (Å²) in [5, 5.41) is 0. The van der Waals surface area contributed by atoms with Crippen LogP contribution in [0.3, 0.4) is 0 Å². The lowest BCUT2D eigenvalue weighted by atomic mass is 10.1. The van der Waals surface area contributed by atoms with E-state index in [9.17, 15) is 52.7 Å². The molecule has 4 aromatic carbocycles. The van der Waals surface area contributed by atoms with Crippen molar-refractivity contribution in [3.05, 3.63) is 142 Å². The maximum Gasteiger partial charge on any atom is 0.416 e. The highest BCUT2D eigenvalue weighted by Gasteiger charge is 2.55. The van der Waals surface area contributed by atoms with Crippen LogP contribution in [0, 0.1) is 0 Å². The van der Waals surface area contributed by atoms with Crippen LogP contribution in [-0.4, -0.2) is 55.1 Å². The second-order valence-corrected chi connectivity index (χ2v) is 14.2. The Morgan fingerprint density at radius 1 is 0.333 bits per heavy atom. The zero-order valence-electron chi connectivity index (χ0n) is 29.8. The fourth-order valence-corrected chi connectivity index (χ4v) is 7.06. The van der Waals surface area contributed by atoms with E-state index in [4.69, 9.17) is 18.9 Å². The van der Waals surface area contributed by atoms with Crippen LogP contribution in [0.2, 0.25) is 0 Å². The van der Waals surface area contributed by atoms with Crippen LogP contribution in [0.1, 0.15) is 44.5 Å². The number of hydrogen-bond donors (Lipinski definition) is 0. The summed E-state index contributed by atoms with van der Waals surface area (Å²) < 4.78 is 183. The topological polar surface area (TPSA) is 36.9 Å². The normalized spacial score (nSPS) is 23.1. The SMILES string of the molecule is FC(F)(F)c1ccc(COC2C[N+]3(CC2OCc2ccc(C(F)(F)F)cc2)CC(OCc2ccc(C(F)(F)F)cc2)C(OCc2ccc(C(F)(F)F)cc2)C3)cc1. The van der Waals surface area contributed by atoms with Crippen LogP contribution >= 0.6 is 0 Å². The Hall–Kier alpha value is -4.16. The molecule has 0 amide bonds. The third kappa shape index (κ3) is 11.1. The number of rotatable bonds is 12. The molecule has 0 radical (unpaired) electrons. The van der Waals surface area contributed by atoms with Crippen molar-refractivity contribution in [3.63, 3.8) is 0 Å². The summed E-state index contributed by atoms with van der Waals surface area (Å²) in [4.78, 5) is 0. The van der Waals surface area contributed by atoms with Gasteiger partial charge in [0.2, 0.25) is 0 Å². The zero-order valence-corrected chi connectivity index (χ0v) is 29.8. The molecule has 0 aromatic heterocycles. The van der Waals surface area contributed by atoms with Crippen LogP contribution in [0.25, 0.3) is 0 Å². The fraction of sp³-hybridized carbons (Fsp3) is 0.400. The first-order chi connectivity index (χ1) is 26.7. The third-order valence-corrected chi connectivity index (χ3v) is 10.1. The predicted molar refractivity (Wildman–Crippen MR) is 180 cm³/mol. The highest BCUT2D eigenvalue weighted by Crippen LogP contribution is 2.37. The Morgan fingerprint density at radius 3 is 0.667 bits per heavy atom. The molecule has 2 aliphatic rings. The van der Waals surface area contributed by atoms with Crippen molar-refractivity contribution in [2.75, 3.05) is 26.2 Å². The molecule has 2 heterocycles. The molecule has 1 spiro atoms. The molecular formula is C40H36F12NO4+. The van der Waals surface area contributed by atoms with Crippen LogP contribution in [0.4, 0.5) is 52.7 Å². The highest BCUT2D eigenvalue weighted by atomic mass is 19.4. The van der Waals surface area contributed by atoms with Crippen LogP contribution in [0.5, 0.6) is 0 Å². The first kappa shape index (κ1) is 42.4. The molecule has 0 N–H and O–H groups in total. The minimum atomic E-state index is -4.54. The molecule has 17 heteroatoms. The zero-order chi connectivity index (χ0) is 41.2. The average molecular weight is 823 g/mol. The van der Waals surface area contributed by atoms with Crippen molar-refractivity contribution in [1.29, 1.82) is 0 Å². The summed E-state index contributed by atoms with van der Waals surface area (Å²) in [5.41, 5.74) is -1.57. The molecular weight excluding hydrogens is 786 g/mol. The van der Waals surface area contributed by atoms with Gasteiger partial charge >= 0.3 is 24.7 Å². The molecule has 2 aliphatic heterocycles. The minimum Gasteiger partial charge on any atom is -0.365 e. The third-order valence-electron chi connectivity index (χ3n) is 10.1. The fourth-order valence-electron chi connectivity index (χ4n) is 7.06. The molecule has 0 saturated carbocycles. The van der Waals surface area contributed by atoms with Crippen molar-refractivity contribution < 1.29 is 76.1 Å². The van der Waals surface area contributed by atoms with E-state index in [2.05, 4.69) is 0 Å². The van der Waals surface area contributed by atoms with E-state index < -0.39 is 71.4 Å². The van der Waals surface area contributed by atoms with Gasteiger partial charge in [-0.3, -0.25) is 0 Å². The van der Waals surface area contributed by atoms with E-state index >= 15 is 0 Å². The Bertz CT molecular complexity index is 1620. The smallest absolute Gasteiger partial charge is 0.365 e. The molecule has 0 bridgehead atoms. The van der Waals surface area contributed by atoms with E-state index in [0.717, 1.165) is 48.5 Å². The summed E-state index contributed by atoms with van der Waals surface area (Å²) in [6.07, 6.45) is -20.8. The molecule has 57 heavy (non-hydrogen) atoms. The first-order valence-corrected chi connectivity index (χ1v) is 17.6. The lowest BCUT2D eigenvalue weighted by molar-refractivity contribution is -0.910. The molecule has 308 valence electrons. The van der Waals surface area contributed by atoms with Crippen molar-refractivity contribution in [2.24, 2.45) is 0 Å². The van der Waals surface area contributed by atoms with Gasteiger partial charge in [-0.2, -0.15) is 52.7 Å². The van der Waals surface area contributed by atoms with E-state index in [1.807, 2.05) is 0 Å². The molecule has 6 rings (SSSR count). The Balaban J connectivity index is 1.20. The minimum absolute atomic E-state index is 0.0926. The van der Waals surface area contributed by atoms with E-state index in [1.54, 1.807) is 0 Å².